The third kappa shape index (κ3) is 4.32. The lowest BCUT2D eigenvalue weighted by molar-refractivity contribution is -0.130. The van der Waals surface area contributed by atoms with E-state index in [4.69, 9.17) is 4.74 Å². The molecule has 0 atom stereocenters. The van der Waals surface area contributed by atoms with E-state index in [9.17, 15) is 4.79 Å². The van der Waals surface area contributed by atoms with Crippen molar-refractivity contribution >= 4 is 11.6 Å². The maximum atomic E-state index is 12.5. The molecule has 1 saturated heterocycles. The number of nitrogens with zero attached hydrogens (tertiary/aromatic N) is 2. The predicted molar refractivity (Wildman–Crippen MR) is 101 cm³/mol. The molecule has 4 heteroatoms. The molecule has 0 radical (unpaired) electrons. The van der Waals surface area contributed by atoms with Gasteiger partial charge in [0.2, 0.25) is 5.91 Å². The van der Waals surface area contributed by atoms with Crippen LogP contribution >= 0.6 is 0 Å². The normalized spacial score (nSPS) is 14.5. The molecule has 0 bridgehead atoms. The number of rotatable bonds is 4. The van der Waals surface area contributed by atoms with Gasteiger partial charge in [0.25, 0.3) is 0 Å². The molecule has 1 aliphatic rings. The van der Waals surface area contributed by atoms with E-state index in [1.54, 1.807) is 7.11 Å². The van der Waals surface area contributed by atoms with Crippen LogP contribution in [0.25, 0.3) is 0 Å². The summed E-state index contributed by atoms with van der Waals surface area (Å²) in [6, 6.07) is 14.4. The Balaban J connectivity index is 1.56. The van der Waals surface area contributed by atoms with Crippen LogP contribution < -0.4 is 9.64 Å². The Morgan fingerprint density at radius 1 is 0.960 bits per heavy atom. The molecule has 2 aromatic rings. The predicted octanol–water partition coefficient (Wildman–Crippen LogP) is 3.20. The van der Waals surface area contributed by atoms with Gasteiger partial charge in [-0.1, -0.05) is 18.2 Å². The summed E-state index contributed by atoms with van der Waals surface area (Å²) < 4.78 is 5.16. The van der Waals surface area contributed by atoms with Gasteiger partial charge in [-0.15, -0.1) is 0 Å². The SMILES string of the molecule is COc1ccc(CC(=O)N2CCN(c3cc(C)cc(C)c3)CC2)cc1. The molecule has 1 heterocycles. The Hall–Kier alpha value is -2.49. The van der Waals surface area contributed by atoms with Gasteiger partial charge in [-0.25, -0.2) is 0 Å². The monoisotopic (exact) mass is 338 g/mol. The van der Waals surface area contributed by atoms with E-state index >= 15 is 0 Å². The summed E-state index contributed by atoms with van der Waals surface area (Å²) in [7, 11) is 1.65. The summed E-state index contributed by atoms with van der Waals surface area (Å²) >= 11 is 0. The summed E-state index contributed by atoms with van der Waals surface area (Å²) in [5.41, 5.74) is 4.86. The molecule has 4 nitrogen and oxygen atoms in total. The van der Waals surface area contributed by atoms with Crippen LogP contribution in [0.2, 0.25) is 0 Å². The van der Waals surface area contributed by atoms with Gasteiger partial charge in [-0.2, -0.15) is 0 Å². The third-order valence-corrected chi connectivity index (χ3v) is 4.72. The molecule has 0 spiro atoms. The van der Waals surface area contributed by atoms with Crippen LogP contribution in [0.1, 0.15) is 16.7 Å². The first-order chi connectivity index (χ1) is 12.0. The topological polar surface area (TPSA) is 32.8 Å². The van der Waals surface area contributed by atoms with Gasteiger partial charge in [0.1, 0.15) is 5.75 Å². The first kappa shape index (κ1) is 17.3. The minimum atomic E-state index is 0.199. The highest BCUT2D eigenvalue weighted by Gasteiger charge is 2.21. The average molecular weight is 338 g/mol. The molecule has 2 aromatic carbocycles. The van der Waals surface area contributed by atoms with Gasteiger partial charge in [-0.05, 0) is 54.8 Å². The summed E-state index contributed by atoms with van der Waals surface area (Å²) in [6.45, 7) is 7.59. The fourth-order valence-corrected chi connectivity index (χ4v) is 3.38. The van der Waals surface area contributed by atoms with E-state index < -0.39 is 0 Å². The molecule has 1 aliphatic heterocycles. The number of carbonyl (C=O) groups excluding carboxylic acids is 1. The van der Waals surface area contributed by atoms with Crippen molar-refractivity contribution in [1.29, 1.82) is 0 Å². The number of methoxy groups -OCH3 is 1. The maximum Gasteiger partial charge on any atom is 0.227 e. The van der Waals surface area contributed by atoms with Crippen LogP contribution in [0, 0.1) is 13.8 Å². The number of hydrogen-bond donors (Lipinski definition) is 0. The number of carbonyl (C=O) groups is 1. The van der Waals surface area contributed by atoms with E-state index in [1.807, 2.05) is 29.2 Å². The largest absolute Gasteiger partial charge is 0.497 e. The quantitative estimate of drug-likeness (QED) is 0.858. The smallest absolute Gasteiger partial charge is 0.227 e. The first-order valence-electron chi connectivity index (χ1n) is 8.79. The molecule has 1 fully saturated rings. The Bertz CT molecular complexity index is 712. The fourth-order valence-electron chi connectivity index (χ4n) is 3.38. The second-order valence-electron chi connectivity index (χ2n) is 6.74. The van der Waals surface area contributed by atoms with Crippen molar-refractivity contribution in [3.05, 3.63) is 59.2 Å². The van der Waals surface area contributed by atoms with E-state index in [0.29, 0.717) is 6.42 Å². The van der Waals surface area contributed by atoms with Crippen LogP contribution in [0.3, 0.4) is 0 Å². The van der Waals surface area contributed by atoms with E-state index in [-0.39, 0.29) is 5.91 Å². The fraction of sp³-hybridized carbons (Fsp3) is 0.381. The zero-order valence-corrected chi connectivity index (χ0v) is 15.3. The summed E-state index contributed by atoms with van der Waals surface area (Å²) in [6.07, 6.45) is 0.452. The molecule has 0 aliphatic carbocycles. The van der Waals surface area contributed by atoms with Gasteiger partial charge in [-0.3, -0.25) is 4.79 Å². The van der Waals surface area contributed by atoms with Crippen molar-refractivity contribution in [2.24, 2.45) is 0 Å². The second kappa shape index (κ2) is 7.60. The molecular formula is C21H26N2O2. The summed E-state index contributed by atoms with van der Waals surface area (Å²) in [4.78, 5) is 16.9. The first-order valence-corrected chi connectivity index (χ1v) is 8.79. The highest BCUT2D eigenvalue weighted by atomic mass is 16.5. The van der Waals surface area contributed by atoms with Crippen molar-refractivity contribution < 1.29 is 9.53 Å². The number of benzene rings is 2. The highest BCUT2D eigenvalue weighted by molar-refractivity contribution is 5.79. The lowest BCUT2D eigenvalue weighted by atomic mass is 10.1. The van der Waals surface area contributed by atoms with Crippen molar-refractivity contribution in [2.45, 2.75) is 20.3 Å². The third-order valence-electron chi connectivity index (χ3n) is 4.72. The Morgan fingerprint density at radius 3 is 2.12 bits per heavy atom. The molecule has 0 N–H and O–H groups in total. The summed E-state index contributed by atoms with van der Waals surface area (Å²) in [5, 5.41) is 0. The van der Waals surface area contributed by atoms with E-state index in [2.05, 4.69) is 36.9 Å². The van der Waals surface area contributed by atoms with Gasteiger partial charge in [0.05, 0.1) is 13.5 Å². The van der Waals surface area contributed by atoms with Crippen molar-refractivity contribution in [2.75, 3.05) is 38.2 Å². The van der Waals surface area contributed by atoms with Crippen LogP contribution in [0.15, 0.2) is 42.5 Å². The highest BCUT2D eigenvalue weighted by Crippen LogP contribution is 2.20. The van der Waals surface area contributed by atoms with E-state index in [0.717, 1.165) is 37.5 Å². The standard InChI is InChI=1S/C21H26N2O2/c1-16-12-17(2)14-19(13-16)22-8-10-23(11-9-22)21(24)15-18-4-6-20(25-3)7-5-18/h4-7,12-14H,8-11,15H2,1-3H3. The average Bonchev–Trinajstić information content (AvgIpc) is 2.61. The maximum absolute atomic E-state index is 12.5. The molecular weight excluding hydrogens is 312 g/mol. The molecule has 0 saturated carbocycles. The number of ether oxygens (including phenoxy) is 1. The zero-order valence-electron chi connectivity index (χ0n) is 15.3. The van der Waals surface area contributed by atoms with Crippen molar-refractivity contribution in [3.63, 3.8) is 0 Å². The van der Waals surface area contributed by atoms with Crippen molar-refractivity contribution in [3.8, 4) is 5.75 Å². The van der Waals surface area contributed by atoms with Gasteiger partial charge < -0.3 is 14.5 Å². The van der Waals surface area contributed by atoms with E-state index in [1.165, 1.54) is 16.8 Å². The molecule has 0 unspecified atom stereocenters. The Labute approximate surface area is 150 Å². The molecule has 3 rings (SSSR count). The van der Waals surface area contributed by atoms with Gasteiger partial charge >= 0.3 is 0 Å². The Kier molecular flexibility index (Phi) is 5.27. The number of piperazine rings is 1. The van der Waals surface area contributed by atoms with Gasteiger partial charge in [0.15, 0.2) is 0 Å². The molecule has 132 valence electrons. The number of amides is 1. The lowest BCUT2D eigenvalue weighted by Crippen LogP contribution is -2.49. The molecule has 25 heavy (non-hydrogen) atoms. The Morgan fingerprint density at radius 2 is 1.56 bits per heavy atom. The molecule has 0 aromatic heterocycles. The number of hydrogen-bond acceptors (Lipinski definition) is 3. The number of aryl methyl sites for hydroxylation is 2. The lowest BCUT2D eigenvalue weighted by Gasteiger charge is -2.36. The number of anilines is 1. The van der Waals surface area contributed by atoms with Gasteiger partial charge in [0, 0.05) is 31.9 Å². The minimum absolute atomic E-state index is 0.199. The van der Waals surface area contributed by atoms with Crippen LogP contribution in [-0.2, 0) is 11.2 Å². The van der Waals surface area contributed by atoms with Crippen LogP contribution in [0.4, 0.5) is 5.69 Å². The van der Waals surface area contributed by atoms with Crippen LogP contribution in [0.5, 0.6) is 5.75 Å². The molecule has 1 amide bonds. The summed E-state index contributed by atoms with van der Waals surface area (Å²) in [5.74, 6) is 1.02. The second-order valence-corrected chi connectivity index (χ2v) is 6.74. The van der Waals surface area contributed by atoms with Crippen molar-refractivity contribution in [1.82, 2.24) is 4.90 Å². The zero-order chi connectivity index (χ0) is 17.8. The van der Waals surface area contributed by atoms with Crippen LogP contribution in [-0.4, -0.2) is 44.1 Å². The minimum Gasteiger partial charge on any atom is -0.497 e.